The number of hydrogen-bond acceptors (Lipinski definition) is 3. The molecule has 0 saturated carbocycles. The zero-order chi connectivity index (χ0) is 12.8. The van der Waals surface area contributed by atoms with Crippen LogP contribution in [0.2, 0.25) is 0 Å². The van der Waals surface area contributed by atoms with Crippen LogP contribution in [0.4, 0.5) is 0 Å². The van der Waals surface area contributed by atoms with Crippen LogP contribution in [-0.2, 0) is 20.7 Å². The summed E-state index contributed by atoms with van der Waals surface area (Å²) in [5.74, 6) is -0.622. The number of aryl methyl sites for hydroxylation is 2. The van der Waals surface area contributed by atoms with E-state index in [0.717, 1.165) is 16.7 Å². The van der Waals surface area contributed by atoms with Crippen molar-refractivity contribution < 1.29 is 14.3 Å². The fourth-order valence-corrected chi connectivity index (χ4v) is 1.47. The molecule has 0 spiro atoms. The van der Waals surface area contributed by atoms with E-state index in [2.05, 4.69) is 10.1 Å². The topological polar surface area (TPSA) is 55.4 Å². The Morgan fingerprint density at radius 3 is 2.65 bits per heavy atom. The Morgan fingerprint density at radius 2 is 2.00 bits per heavy atom. The Hall–Kier alpha value is -1.84. The number of rotatable bonds is 4. The van der Waals surface area contributed by atoms with Gasteiger partial charge in [0.15, 0.2) is 0 Å². The fraction of sp³-hybridized carbons (Fsp3) is 0.385. The van der Waals surface area contributed by atoms with Gasteiger partial charge in [-0.25, -0.2) is 0 Å². The van der Waals surface area contributed by atoms with E-state index in [1.54, 1.807) is 0 Å². The van der Waals surface area contributed by atoms with Crippen molar-refractivity contribution in [3.63, 3.8) is 0 Å². The normalized spacial score (nSPS) is 9.82. The Morgan fingerprint density at radius 1 is 1.29 bits per heavy atom. The van der Waals surface area contributed by atoms with Gasteiger partial charge in [0.1, 0.15) is 6.54 Å². The van der Waals surface area contributed by atoms with Gasteiger partial charge in [-0.05, 0) is 25.0 Å². The molecule has 17 heavy (non-hydrogen) atoms. The number of nitrogens with one attached hydrogen (secondary N) is 1. The zero-order valence-corrected chi connectivity index (χ0v) is 10.4. The van der Waals surface area contributed by atoms with Gasteiger partial charge >= 0.3 is 5.97 Å². The molecule has 0 aliphatic heterocycles. The van der Waals surface area contributed by atoms with E-state index in [1.807, 2.05) is 32.0 Å². The van der Waals surface area contributed by atoms with Gasteiger partial charge in [-0.1, -0.05) is 23.8 Å². The second-order valence-electron chi connectivity index (χ2n) is 3.96. The summed E-state index contributed by atoms with van der Waals surface area (Å²) in [4.78, 5) is 22.4. The van der Waals surface area contributed by atoms with Gasteiger partial charge in [-0.15, -0.1) is 0 Å². The van der Waals surface area contributed by atoms with Crippen molar-refractivity contribution in [3.05, 3.63) is 34.9 Å². The molecule has 0 aliphatic carbocycles. The fourth-order valence-electron chi connectivity index (χ4n) is 1.47. The largest absolute Gasteiger partial charge is 0.468 e. The molecule has 1 aromatic carbocycles. The lowest BCUT2D eigenvalue weighted by Gasteiger charge is -2.07. The first kappa shape index (κ1) is 13.2. The molecule has 0 heterocycles. The minimum Gasteiger partial charge on any atom is -0.468 e. The maximum absolute atomic E-state index is 11.6. The van der Waals surface area contributed by atoms with Gasteiger partial charge in [0.25, 0.3) is 0 Å². The third kappa shape index (κ3) is 4.26. The summed E-state index contributed by atoms with van der Waals surface area (Å²) in [5, 5.41) is 2.52. The number of benzene rings is 1. The van der Waals surface area contributed by atoms with E-state index in [9.17, 15) is 9.59 Å². The summed E-state index contributed by atoms with van der Waals surface area (Å²) in [6, 6.07) is 5.97. The summed E-state index contributed by atoms with van der Waals surface area (Å²) in [7, 11) is 1.29. The summed E-state index contributed by atoms with van der Waals surface area (Å²) >= 11 is 0. The Labute approximate surface area is 101 Å². The molecule has 1 amide bonds. The van der Waals surface area contributed by atoms with Crippen LogP contribution in [0.3, 0.4) is 0 Å². The van der Waals surface area contributed by atoms with Gasteiger partial charge in [0.2, 0.25) is 5.91 Å². The Balaban J connectivity index is 2.56. The second kappa shape index (κ2) is 6.03. The van der Waals surface area contributed by atoms with Gasteiger partial charge in [-0.2, -0.15) is 0 Å². The Bertz CT molecular complexity index is 427. The summed E-state index contributed by atoms with van der Waals surface area (Å²) in [6.07, 6.45) is 0.282. The number of carbonyl (C=O) groups excluding carboxylic acids is 2. The van der Waals surface area contributed by atoms with Crippen LogP contribution in [0.15, 0.2) is 18.2 Å². The quantitative estimate of drug-likeness (QED) is 0.796. The maximum Gasteiger partial charge on any atom is 0.325 e. The van der Waals surface area contributed by atoms with Gasteiger partial charge in [0.05, 0.1) is 13.5 Å². The Kier molecular flexibility index (Phi) is 4.69. The van der Waals surface area contributed by atoms with Crippen LogP contribution >= 0.6 is 0 Å². The molecule has 0 fully saturated rings. The maximum atomic E-state index is 11.6. The number of ether oxygens (including phenoxy) is 1. The minimum atomic E-state index is -0.445. The van der Waals surface area contributed by atoms with E-state index in [4.69, 9.17) is 0 Å². The zero-order valence-electron chi connectivity index (χ0n) is 10.4. The standard InChI is InChI=1S/C13H17NO3/c1-9-4-5-10(2)11(6-9)7-12(15)14-8-13(16)17-3/h4-6H,7-8H2,1-3H3,(H,14,15). The van der Waals surface area contributed by atoms with E-state index in [1.165, 1.54) is 7.11 Å². The highest BCUT2D eigenvalue weighted by Crippen LogP contribution is 2.11. The first-order valence-electron chi connectivity index (χ1n) is 5.42. The molecule has 0 aliphatic rings. The van der Waals surface area contributed by atoms with Crippen molar-refractivity contribution in [1.82, 2.24) is 5.32 Å². The highest BCUT2D eigenvalue weighted by atomic mass is 16.5. The molecule has 4 heteroatoms. The van der Waals surface area contributed by atoms with Crippen molar-refractivity contribution >= 4 is 11.9 Å². The van der Waals surface area contributed by atoms with Gasteiger partial charge in [0, 0.05) is 0 Å². The second-order valence-corrected chi connectivity index (χ2v) is 3.96. The SMILES string of the molecule is COC(=O)CNC(=O)Cc1cc(C)ccc1C. The van der Waals surface area contributed by atoms with Crippen molar-refractivity contribution in [1.29, 1.82) is 0 Å². The predicted octanol–water partition coefficient (Wildman–Crippen LogP) is 1.14. The molecule has 0 aromatic heterocycles. The van der Waals surface area contributed by atoms with Crippen molar-refractivity contribution in [3.8, 4) is 0 Å². The molecule has 0 bridgehead atoms. The molecule has 0 unspecified atom stereocenters. The highest BCUT2D eigenvalue weighted by molar-refractivity contribution is 5.83. The minimum absolute atomic E-state index is 0.0831. The lowest BCUT2D eigenvalue weighted by atomic mass is 10.0. The van der Waals surface area contributed by atoms with Crippen LogP contribution in [0, 0.1) is 13.8 Å². The van der Waals surface area contributed by atoms with E-state index in [-0.39, 0.29) is 18.9 Å². The van der Waals surface area contributed by atoms with E-state index >= 15 is 0 Å². The third-order valence-corrected chi connectivity index (χ3v) is 2.51. The summed E-state index contributed by atoms with van der Waals surface area (Å²) in [5.41, 5.74) is 3.17. The molecular formula is C13H17NO3. The van der Waals surface area contributed by atoms with Crippen LogP contribution in [0.5, 0.6) is 0 Å². The van der Waals surface area contributed by atoms with Crippen LogP contribution < -0.4 is 5.32 Å². The molecule has 1 rings (SSSR count). The van der Waals surface area contributed by atoms with Crippen molar-refractivity contribution in [2.24, 2.45) is 0 Å². The number of amides is 1. The lowest BCUT2D eigenvalue weighted by Crippen LogP contribution is -2.31. The molecule has 0 radical (unpaired) electrons. The number of carbonyl (C=O) groups is 2. The molecule has 92 valence electrons. The van der Waals surface area contributed by atoms with Crippen LogP contribution in [0.25, 0.3) is 0 Å². The molecule has 4 nitrogen and oxygen atoms in total. The number of hydrogen-bond donors (Lipinski definition) is 1. The molecule has 0 atom stereocenters. The van der Waals surface area contributed by atoms with E-state index in [0.29, 0.717) is 0 Å². The van der Waals surface area contributed by atoms with Crippen LogP contribution in [0.1, 0.15) is 16.7 Å². The molecular weight excluding hydrogens is 218 g/mol. The smallest absolute Gasteiger partial charge is 0.325 e. The van der Waals surface area contributed by atoms with Gasteiger partial charge < -0.3 is 10.1 Å². The first-order chi connectivity index (χ1) is 8.02. The molecule has 1 aromatic rings. The summed E-state index contributed by atoms with van der Waals surface area (Å²) in [6.45, 7) is 3.86. The average molecular weight is 235 g/mol. The average Bonchev–Trinajstić information content (AvgIpc) is 2.30. The van der Waals surface area contributed by atoms with E-state index < -0.39 is 5.97 Å². The molecule has 1 N–H and O–H groups in total. The van der Waals surface area contributed by atoms with Crippen LogP contribution in [-0.4, -0.2) is 25.5 Å². The van der Waals surface area contributed by atoms with Gasteiger partial charge in [-0.3, -0.25) is 9.59 Å². The van der Waals surface area contributed by atoms with Crippen molar-refractivity contribution in [2.75, 3.05) is 13.7 Å². The highest BCUT2D eigenvalue weighted by Gasteiger charge is 2.08. The lowest BCUT2D eigenvalue weighted by molar-refractivity contribution is -0.141. The predicted molar refractivity (Wildman–Crippen MR) is 64.6 cm³/mol. The monoisotopic (exact) mass is 235 g/mol. The summed E-state index contributed by atoms with van der Waals surface area (Å²) < 4.78 is 4.44. The molecule has 0 saturated heterocycles. The first-order valence-corrected chi connectivity index (χ1v) is 5.42. The number of methoxy groups -OCH3 is 1. The number of esters is 1. The third-order valence-electron chi connectivity index (χ3n) is 2.51. The van der Waals surface area contributed by atoms with Crippen molar-refractivity contribution in [2.45, 2.75) is 20.3 Å².